The Balaban J connectivity index is 2.37. The summed E-state index contributed by atoms with van der Waals surface area (Å²) in [6, 6.07) is 12.4. The lowest BCUT2D eigenvalue weighted by atomic mass is 10.1. The Kier molecular flexibility index (Phi) is 7.79. The Morgan fingerprint density at radius 3 is 2.18 bits per heavy atom. The van der Waals surface area contributed by atoms with Crippen molar-refractivity contribution in [2.45, 2.75) is 6.92 Å². The fourth-order valence-electron chi connectivity index (χ4n) is 2.26. The van der Waals surface area contributed by atoms with Crippen LogP contribution in [0.4, 0.5) is 0 Å². The summed E-state index contributed by atoms with van der Waals surface area (Å²) in [5.74, 6) is 7.10. The van der Waals surface area contributed by atoms with E-state index in [1.807, 2.05) is 18.2 Å². The summed E-state index contributed by atoms with van der Waals surface area (Å²) in [4.78, 5) is 12.2. The van der Waals surface area contributed by atoms with Crippen LogP contribution >= 0.6 is 0 Å². The van der Waals surface area contributed by atoms with Crippen LogP contribution in [0.2, 0.25) is 0 Å². The zero-order chi connectivity index (χ0) is 20.4. The van der Waals surface area contributed by atoms with Crippen molar-refractivity contribution in [3.05, 3.63) is 59.9 Å². The topological polar surface area (TPSA) is 63.2 Å². The molecule has 146 valence electrons. The molecule has 0 amide bonds. The Bertz CT molecular complexity index is 865. The van der Waals surface area contributed by atoms with Gasteiger partial charge in [0.15, 0.2) is 11.5 Å². The normalized spacial score (nSPS) is 10.4. The van der Waals surface area contributed by atoms with Gasteiger partial charge in [0.25, 0.3) is 0 Å². The molecule has 0 atom stereocenters. The lowest BCUT2D eigenvalue weighted by Crippen LogP contribution is -2.07. The molecule has 2 aromatic carbocycles. The van der Waals surface area contributed by atoms with Gasteiger partial charge in [-0.2, -0.15) is 0 Å². The van der Waals surface area contributed by atoms with E-state index in [1.54, 1.807) is 31.2 Å². The first-order chi connectivity index (χ1) is 13.6. The van der Waals surface area contributed by atoms with Gasteiger partial charge in [0.2, 0.25) is 5.75 Å². The number of ether oxygens (including phenoxy) is 5. The SMILES string of the molecule is CCOC(=O)/C(C#Cc1cc(OC)c(OC)c(OC)c1)=C\Oc1ccccc1. The summed E-state index contributed by atoms with van der Waals surface area (Å²) in [5.41, 5.74) is 0.656. The summed E-state index contributed by atoms with van der Waals surface area (Å²) in [5, 5.41) is 0. The van der Waals surface area contributed by atoms with E-state index in [-0.39, 0.29) is 12.2 Å². The standard InChI is InChI=1S/C22H22O6/c1-5-27-22(23)17(15-28-18-9-7-6-8-10-18)12-11-16-13-19(24-2)21(26-4)20(14-16)25-3/h6-10,13-15H,5H2,1-4H3/b17-15-. The molecule has 0 aromatic heterocycles. The van der Waals surface area contributed by atoms with Crippen LogP contribution < -0.4 is 18.9 Å². The van der Waals surface area contributed by atoms with Crippen LogP contribution in [0.25, 0.3) is 0 Å². The van der Waals surface area contributed by atoms with E-state index < -0.39 is 5.97 Å². The average Bonchev–Trinajstić information content (AvgIpc) is 2.73. The zero-order valence-corrected chi connectivity index (χ0v) is 16.3. The molecule has 0 radical (unpaired) electrons. The fourth-order valence-corrected chi connectivity index (χ4v) is 2.26. The summed E-state index contributed by atoms with van der Waals surface area (Å²) in [6.07, 6.45) is 1.28. The fraction of sp³-hybridized carbons (Fsp3) is 0.227. The van der Waals surface area contributed by atoms with Crippen molar-refractivity contribution in [3.8, 4) is 34.8 Å². The van der Waals surface area contributed by atoms with Gasteiger partial charge in [0, 0.05) is 5.56 Å². The highest BCUT2D eigenvalue weighted by molar-refractivity contribution is 5.93. The van der Waals surface area contributed by atoms with Crippen LogP contribution in [0.5, 0.6) is 23.0 Å². The van der Waals surface area contributed by atoms with Crippen molar-refractivity contribution in [3.63, 3.8) is 0 Å². The third-order valence-electron chi connectivity index (χ3n) is 3.56. The number of esters is 1. The maximum Gasteiger partial charge on any atom is 0.349 e. The molecule has 28 heavy (non-hydrogen) atoms. The van der Waals surface area contributed by atoms with Crippen LogP contribution in [0, 0.1) is 11.8 Å². The van der Waals surface area contributed by atoms with Gasteiger partial charge in [0.05, 0.1) is 27.9 Å². The van der Waals surface area contributed by atoms with Gasteiger partial charge < -0.3 is 23.7 Å². The molecule has 0 bridgehead atoms. The number of methoxy groups -OCH3 is 3. The number of para-hydroxylation sites is 1. The molecule has 2 aromatic rings. The summed E-state index contributed by atoms with van der Waals surface area (Å²) in [7, 11) is 4.56. The number of carbonyl (C=O) groups is 1. The number of benzene rings is 2. The molecule has 0 aliphatic heterocycles. The molecule has 0 spiro atoms. The number of carbonyl (C=O) groups excluding carboxylic acids is 1. The second-order valence-corrected chi connectivity index (χ2v) is 5.35. The third kappa shape index (κ3) is 5.45. The Labute approximate surface area is 164 Å². The first kappa shape index (κ1) is 20.7. The second-order valence-electron chi connectivity index (χ2n) is 5.35. The molecule has 0 saturated heterocycles. The van der Waals surface area contributed by atoms with Gasteiger partial charge in [-0.3, -0.25) is 0 Å². The summed E-state index contributed by atoms with van der Waals surface area (Å²) >= 11 is 0. The Hall–Kier alpha value is -3.59. The molecule has 0 unspecified atom stereocenters. The molecule has 0 aliphatic carbocycles. The van der Waals surface area contributed by atoms with Gasteiger partial charge in [0.1, 0.15) is 17.6 Å². The van der Waals surface area contributed by atoms with Gasteiger partial charge in [-0.15, -0.1) is 0 Å². The van der Waals surface area contributed by atoms with Crippen LogP contribution in [0.15, 0.2) is 54.3 Å². The van der Waals surface area contributed by atoms with Crippen LogP contribution in [-0.4, -0.2) is 33.9 Å². The number of hydrogen-bond acceptors (Lipinski definition) is 6. The third-order valence-corrected chi connectivity index (χ3v) is 3.56. The quantitative estimate of drug-likeness (QED) is 0.316. The maximum atomic E-state index is 12.2. The van der Waals surface area contributed by atoms with Gasteiger partial charge in [-0.05, 0) is 31.2 Å². The minimum Gasteiger partial charge on any atom is -0.493 e. The van der Waals surface area contributed by atoms with E-state index in [0.717, 1.165) is 0 Å². The first-order valence-corrected chi connectivity index (χ1v) is 8.54. The van der Waals surface area contributed by atoms with Crippen molar-refractivity contribution in [1.82, 2.24) is 0 Å². The van der Waals surface area contributed by atoms with Gasteiger partial charge >= 0.3 is 5.97 Å². The van der Waals surface area contributed by atoms with Crippen molar-refractivity contribution >= 4 is 5.97 Å². The van der Waals surface area contributed by atoms with Gasteiger partial charge in [-0.1, -0.05) is 30.0 Å². The molecule has 6 nitrogen and oxygen atoms in total. The summed E-state index contributed by atoms with van der Waals surface area (Å²) < 4.78 is 26.5. The van der Waals surface area contributed by atoms with E-state index in [1.165, 1.54) is 27.6 Å². The largest absolute Gasteiger partial charge is 0.493 e. The first-order valence-electron chi connectivity index (χ1n) is 8.54. The van der Waals surface area contributed by atoms with Crippen LogP contribution in [-0.2, 0) is 9.53 Å². The van der Waals surface area contributed by atoms with Gasteiger partial charge in [-0.25, -0.2) is 4.79 Å². The highest BCUT2D eigenvalue weighted by atomic mass is 16.5. The zero-order valence-electron chi connectivity index (χ0n) is 16.3. The monoisotopic (exact) mass is 382 g/mol. The molecule has 0 aliphatic rings. The Morgan fingerprint density at radius 1 is 1.00 bits per heavy atom. The summed E-state index contributed by atoms with van der Waals surface area (Å²) in [6.45, 7) is 1.95. The second kappa shape index (κ2) is 10.5. The highest BCUT2D eigenvalue weighted by Crippen LogP contribution is 2.37. The van der Waals surface area contributed by atoms with E-state index in [4.69, 9.17) is 23.7 Å². The Morgan fingerprint density at radius 2 is 1.64 bits per heavy atom. The lowest BCUT2D eigenvalue weighted by molar-refractivity contribution is -0.138. The van der Waals surface area contributed by atoms with Crippen molar-refractivity contribution < 1.29 is 28.5 Å². The molecule has 0 heterocycles. The predicted molar refractivity (Wildman–Crippen MR) is 105 cm³/mol. The minimum absolute atomic E-state index is 0.0828. The smallest absolute Gasteiger partial charge is 0.349 e. The van der Waals surface area contributed by atoms with Crippen molar-refractivity contribution in [1.29, 1.82) is 0 Å². The molecular formula is C22H22O6. The predicted octanol–water partition coefficient (Wildman–Crippen LogP) is 3.59. The molecule has 2 rings (SSSR count). The minimum atomic E-state index is -0.571. The van der Waals surface area contributed by atoms with Crippen LogP contribution in [0.3, 0.4) is 0 Å². The molecule has 0 fully saturated rings. The van der Waals surface area contributed by atoms with Crippen molar-refractivity contribution in [2.75, 3.05) is 27.9 Å². The molecule has 0 saturated carbocycles. The molecule has 0 N–H and O–H groups in total. The van der Waals surface area contributed by atoms with E-state index in [2.05, 4.69) is 11.8 Å². The van der Waals surface area contributed by atoms with E-state index in [9.17, 15) is 4.79 Å². The van der Waals surface area contributed by atoms with Crippen LogP contribution in [0.1, 0.15) is 12.5 Å². The number of hydrogen-bond donors (Lipinski definition) is 0. The maximum absolute atomic E-state index is 12.2. The number of rotatable bonds is 7. The van der Waals surface area contributed by atoms with E-state index in [0.29, 0.717) is 28.6 Å². The molecular weight excluding hydrogens is 360 g/mol. The highest BCUT2D eigenvalue weighted by Gasteiger charge is 2.13. The lowest BCUT2D eigenvalue weighted by Gasteiger charge is -2.12. The van der Waals surface area contributed by atoms with Crippen molar-refractivity contribution in [2.24, 2.45) is 0 Å². The average molecular weight is 382 g/mol. The molecule has 6 heteroatoms. The van der Waals surface area contributed by atoms with E-state index >= 15 is 0 Å².